The fraction of sp³-hybridized carbons (Fsp3) is 0.667. The van der Waals surface area contributed by atoms with Gasteiger partial charge in [0.25, 0.3) is 0 Å². The van der Waals surface area contributed by atoms with Gasteiger partial charge in [0, 0.05) is 0 Å². The first-order valence-corrected chi connectivity index (χ1v) is 8.20. The average Bonchev–Trinajstić information content (AvgIpc) is 2.30. The second-order valence-electron chi connectivity index (χ2n) is 4.32. The van der Waals surface area contributed by atoms with Crippen molar-refractivity contribution < 1.29 is 0 Å². The van der Waals surface area contributed by atoms with Gasteiger partial charge in [-0.1, -0.05) is 50.2 Å². The van der Waals surface area contributed by atoms with Gasteiger partial charge in [0.2, 0.25) is 0 Å². The molecule has 0 aromatic heterocycles. The predicted molar refractivity (Wildman–Crippen MR) is 79.9 cm³/mol. The van der Waals surface area contributed by atoms with E-state index in [-0.39, 0.29) is 4.87 Å². The first kappa shape index (κ1) is 13.3. The molecule has 0 aromatic rings. The number of nitrogens with zero attached hydrogens (tertiary/aromatic N) is 1. The average molecular weight is 284 g/mol. The van der Waals surface area contributed by atoms with E-state index in [0.29, 0.717) is 10.6 Å². The molecule has 0 amide bonds. The largest absolute Gasteiger partial charge is 0.360 e. The molecule has 0 aromatic carbocycles. The van der Waals surface area contributed by atoms with Gasteiger partial charge in [-0.3, -0.25) is 0 Å². The molecule has 0 radical (unpaired) electrons. The Morgan fingerprint density at radius 2 is 2.18 bits per heavy atom. The Bertz CT molecular complexity index is 389. The first-order valence-electron chi connectivity index (χ1n) is 5.99. The first-order chi connectivity index (χ1) is 8.21. The third kappa shape index (κ3) is 2.81. The second-order valence-corrected chi connectivity index (χ2v) is 7.65. The molecule has 1 spiro atoms. The van der Waals surface area contributed by atoms with Gasteiger partial charge in [0.05, 0.1) is 9.11 Å². The van der Waals surface area contributed by atoms with Gasteiger partial charge < -0.3 is 5.32 Å². The second kappa shape index (κ2) is 5.64. The van der Waals surface area contributed by atoms with Gasteiger partial charge in [-0.25, -0.2) is 0 Å². The van der Waals surface area contributed by atoms with Crippen LogP contribution >= 0.6 is 35.7 Å². The van der Waals surface area contributed by atoms with E-state index in [1.54, 1.807) is 11.8 Å². The number of nitrogens with one attached hydrogen (secondary N) is 1. The summed E-state index contributed by atoms with van der Waals surface area (Å²) in [5.74, 6) is 0.992. The van der Waals surface area contributed by atoms with Crippen molar-refractivity contribution in [3.63, 3.8) is 0 Å². The Kier molecular flexibility index (Phi) is 4.40. The molecule has 0 unspecified atom stereocenters. The molecule has 17 heavy (non-hydrogen) atoms. The minimum atomic E-state index is 0.0766. The highest BCUT2D eigenvalue weighted by atomic mass is 32.2. The summed E-state index contributed by atoms with van der Waals surface area (Å²) in [6, 6.07) is 2.24. The lowest BCUT2D eigenvalue weighted by molar-refractivity contribution is 0.379. The number of nitriles is 1. The molecule has 5 heteroatoms. The van der Waals surface area contributed by atoms with Gasteiger partial charge in [0.15, 0.2) is 0 Å². The van der Waals surface area contributed by atoms with Crippen LogP contribution in [-0.2, 0) is 0 Å². The van der Waals surface area contributed by atoms with Gasteiger partial charge in [-0.15, -0.1) is 11.8 Å². The predicted octanol–water partition coefficient (Wildman–Crippen LogP) is 3.80. The molecule has 92 valence electrons. The van der Waals surface area contributed by atoms with Crippen LogP contribution in [0.4, 0.5) is 0 Å². The van der Waals surface area contributed by atoms with Crippen LogP contribution in [0.3, 0.4) is 0 Å². The summed E-state index contributed by atoms with van der Waals surface area (Å²) in [5.41, 5.74) is 0.674. The molecule has 1 aliphatic carbocycles. The van der Waals surface area contributed by atoms with E-state index in [1.165, 1.54) is 19.3 Å². The fourth-order valence-electron chi connectivity index (χ4n) is 2.30. The molecule has 1 heterocycles. The zero-order chi connectivity index (χ0) is 12.3. The van der Waals surface area contributed by atoms with E-state index in [1.807, 2.05) is 11.8 Å². The Morgan fingerprint density at radius 1 is 1.47 bits per heavy atom. The Hall–Kier alpha value is -0.180. The number of thioether (sulfide) groups is 2. The highest BCUT2D eigenvalue weighted by molar-refractivity contribution is 8.23. The van der Waals surface area contributed by atoms with Crippen LogP contribution in [0, 0.1) is 11.3 Å². The molecular formula is C12H16N2S3. The standard InChI is InChI=1S/C12H16N2S3/c1-2-16-11-9(8-13)10(15)14-12(17-11)6-4-3-5-7-12/h2-7H2,1H3,(H,14,15). The van der Waals surface area contributed by atoms with Gasteiger partial charge in [0.1, 0.15) is 16.6 Å². The third-order valence-electron chi connectivity index (χ3n) is 3.11. The van der Waals surface area contributed by atoms with Crippen LogP contribution < -0.4 is 5.32 Å². The molecule has 1 saturated carbocycles. The monoisotopic (exact) mass is 284 g/mol. The van der Waals surface area contributed by atoms with Gasteiger partial charge in [-0.05, 0) is 18.6 Å². The molecule has 2 aliphatic rings. The van der Waals surface area contributed by atoms with Gasteiger partial charge in [-0.2, -0.15) is 5.26 Å². The molecule has 1 fully saturated rings. The summed E-state index contributed by atoms with van der Waals surface area (Å²) in [6.45, 7) is 2.12. The summed E-state index contributed by atoms with van der Waals surface area (Å²) >= 11 is 8.94. The minimum Gasteiger partial charge on any atom is -0.360 e. The summed E-state index contributed by atoms with van der Waals surface area (Å²) in [6.07, 6.45) is 6.15. The van der Waals surface area contributed by atoms with Crippen molar-refractivity contribution in [3.8, 4) is 6.07 Å². The Balaban J connectivity index is 2.26. The molecular weight excluding hydrogens is 268 g/mol. The maximum absolute atomic E-state index is 9.18. The lowest BCUT2D eigenvalue weighted by Gasteiger charge is -2.41. The number of hydrogen-bond donors (Lipinski definition) is 1. The zero-order valence-corrected chi connectivity index (χ0v) is 12.4. The van der Waals surface area contributed by atoms with Crippen molar-refractivity contribution in [3.05, 3.63) is 9.81 Å². The van der Waals surface area contributed by atoms with Crippen molar-refractivity contribution >= 4 is 40.7 Å². The molecule has 2 rings (SSSR count). The Morgan fingerprint density at radius 3 is 2.76 bits per heavy atom. The van der Waals surface area contributed by atoms with E-state index >= 15 is 0 Å². The normalized spacial score (nSPS) is 23.4. The van der Waals surface area contributed by atoms with Crippen molar-refractivity contribution in [1.82, 2.24) is 5.32 Å². The van der Waals surface area contributed by atoms with Crippen molar-refractivity contribution in [2.24, 2.45) is 0 Å². The van der Waals surface area contributed by atoms with Crippen LogP contribution in [0.15, 0.2) is 9.81 Å². The highest BCUT2D eigenvalue weighted by Crippen LogP contribution is 2.48. The minimum absolute atomic E-state index is 0.0766. The molecule has 1 aliphatic heterocycles. The van der Waals surface area contributed by atoms with Crippen LogP contribution in [0.5, 0.6) is 0 Å². The molecule has 0 atom stereocenters. The zero-order valence-electron chi connectivity index (χ0n) is 9.91. The van der Waals surface area contributed by atoms with Crippen molar-refractivity contribution in [1.29, 1.82) is 5.26 Å². The van der Waals surface area contributed by atoms with Gasteiger partial charge >= 0.3 is 0 Å². The summed E-state index contributed by atoms with van der Waals surface area (Å²) in [7, 11) is 0. The van der Waals surface area contributed by atoms with Crippen LogP contribution in [0.25, 0.3) is 0 Å². The van der Waals surface area contributed by atoms with E-state index < -0.39 is 0 Å². The van der Waals surface area contributed by atoms with Crippen molar-refractivity contribution in [2.45, 2.75) is 43.9 Å². The lowest BCUT2D eigenvalue weighted by atomic mass is 9.94. The maximum Gasteiger partial charge on any atom is 0.120 e. The molecule has 1 N–H and O–H groups in total. The number of rotatable bonds is 2. The van der Waals surface area contributed by atoms with E-state index in [4.69, 9.17) is 12.2 Å². The fourth-order valence-corrected chi connectivity index (χ4v) is 5.70. The molecule has 2 nitrogen and oxygen atoms in total. The topological polar surface area (TPSA) is 35.8 Å². The molecule has 0 saturated heterocycles. The third-order valence-corrected chi connectivity index (χ3v) is 6.06. The van der Waals surface area contributed by atoms with E-state index in [0.717, 1.165) is 22.8 Å². The van der Waals surface area contributed by atoms with E-state index in [2.05, 4.69) is 18.3 Å². The van der Waals surface area contributed by atoms with E-state index in [9.17, 15) is 5.26 Å². The van der Waals surface area contributed by atoms with Crippen LogP contribution in [-0.4, -0.2) is 15.6 Å². The number of thiocarbonyl (C=S) groups is 1. The highest BCUT2D eigenvalue weighted by Gasteiger charge is 2.39. The van der Waals surface area contributed by atoms with Crippen LogP contribution in [0.2, 0.25) is 0 Å². The Labute approximate surface area is 117 Å². The van der Waals surface area contributed by atoms with Crippen LogP contribution in [0.1, 0.15) is 39.0 Å². The summed E-state index contributed by atoms with van der Waals surface area (Å²) in [5, 5.41) is 12.6. The summed E-state index contributed by atoms with van der Waals surface area (Å²) in [4.78, 5) is 0.733. The number of hydrogen-bond acceptors (Lipinski definition) is 4. The maximum atomic E-state index is 9.18. The molecule has 0 bridgehead atoms. The quantitative estimate of drug-likeness (QED) is 0.780. The summed E-state index contributed by atoms with van der Waals surface area (Å²) < 4.78 is 1.13. The SMILES string of the molecule is CCSC1=C(C#N)C(=S)NC2(CCCCC2)S1. The lowest BCUT2D eigenvalue weighted by Crippen LogP contribution is -2.49. The smallest absolute Gasteiger partial charge is 0.120 e. The van der Waals surface area contributed by atoms with Crippen molar-refractivity contribution in [2.75, 3.05) is 5.75 Å².